The fraction of sp³-hybridized carbons (Fsp3) is 0.115. The molecule has 0 aliphatic carbocycles. The van der Waals surface area contributed by atoms with Crippen molar-refractivity contribution in [2.24, 2.45) is 0 Å². The van der Waals surface area contributed by atoms with Crippen molar-refractivity contribution in [1.29, 1.82) is 0 Å². The predicted octanol–water partition coefficient (Wildman–Crippen LogP) is 6.19. The number of hydrogen-bond donors (Lipinski definition) is 1. The number of aryl methyl sites for hydroxylation is 2. The lowest BCUT2D eigenvalue weighted by atomic mass is 9.94. The van der Waals surface area contributed by atoms with Crippen LogP contribution in [-0.4, -0.2) is 21.8 Å². The normalized spacial score (nSPS) is 17.8. The topological polar surface area (TPSA) is 70.5 Å². The fourth-order valence-electron chi connectivity index (χ4n) is 4.04. The van der Waals surface area contributed by atoms with E-state index in [1.807, 2.05) is 50.2 Å². The van der Waals surface area contributed by atoms with Crippen molar-refractivity contribution in [2.45, 2.75) is 19.9 Å². The highest BCUT2D eigenvalue weighted by Crippen LogP contribution is 2.44. The van der Waals surface area contributed by atoms with Crippen molar-refractivity contribution < 1.29 is 14.7 Å². The van der Waals surface area contributed by atoms with Gasteiger partial charge in [0.05, 0.1) is 21.8 Å². The maximum atomic E-state index is 13.3. The summed E-state index contributed by atoms with van der Waals surface area (Å²) >= 11 is 7.41. The van der Waals surface area contributed by atoms with Gasteiger partial charge in [-0.3, -0.25) is 14.5 Å². The lowest BCUT2D eigenvalue weighted by Crippen LogP contribution is -2.29. The highest BCUT2D eigenvalue weighted by molar-refractivity contribution is 7.22. The summed E-state index contributed by atoms with van der Waals surface area (Å²) < 4.78 is 0.806. The van der Waals surface area contributed by atoms with Crippen LogP contribution in [-0.2, 0) is 9.59 Å². The van der Waals surface area contributed by atoms with Gasteiger partial charge in [0.1, 0.15) is 5.76 Å². The van der Waals surface area contributed by atoms with Gasteiger partial charge in [0.2, 0.25) is 0 Å². The van der Waals surface area contributed by atoms with E-state index in [2.05, 4.69) is 4.98 Å². The van der Waals surface area contributed by atoms with Crippen LogP contribution in [0.25, 0.3) is 16.0 Å². The molecule has 0 saturated carbocycles. The quantitative estimate of drug-likeness (QED) is 0.218. The van der Waals surface area contributed by atoms with Crippen LogP contribution in [0, 0.1) is 13.8 Å². The number of aromatic nitrogens is 1. The monoisotopic (exact) mass is 474 g/mol. The van der Waals surface area contributed by atoms with E-state index in [1.54, 1.807) is 30.3 Å². The van der Waals surface area contributed by atoms with Gasteiger partial charge in [0, 0.05) is 10.6 Å². The minimum atomic E-state index is -0.803. The van der Waals surface area contributed by atoms with Gasteiger partial charge in [-0.15, -0.1) is 0 Å². The maximum Gasteiger partial charge on any atom is 0.301 e. The number of halogens is 1. The average Bonchev–Trinajstić information content (AvgIpc) is 3.32. The second kappa shape index (κ2) is 8.14. The Kier molecular flexibility index (Phi) is 5.27. The zero-order valence-electron chi connectivity index (χ0n) is 17.9. The van der Waals surface area contributed by atoms with Crippen LogP contribution in [0.1, 0.15) is 28.3 Å². The van der Waals surface area contributed by atoms with Crippen molar-refractivity contribution in [3.05, 3.63) is 99.6 Å². The zero-order valence-corrected chi connectivity index (χ0v) is 19.4. The highest BCUT2D eigenvalue weighted by Gasteiger charge is 2.48. The minimum Gasteiger partial charge on any atom is -0.507 e. The molecule has 1 aliphatic heterocycles. The van der Waals surface area contributed by atoms with E-state index in [0.29, 0.717) is 21.2 Å². The lowest BCUT2D eigenvalue weighted by molar-refractivity contribution is -0.132. The van der Waals surface area contributed by atoms with Gasteiger partial charge < -0.3 is 5.11 Å². The lowest BCUT2D eigenvalue weighted by Gasteiger charge is -2.23. The molecule has 0 spiro atoms. The van der Waals surface area contributed by atoms with Crippen LogP contribution in [0.2, 0.25) is 5.02 Å². The molecule has 1 aromatic heterocycles. The molecular weight excluding hydrogens is 456 g/mol. The molecule has 0 radical (unpaired) electrons. The molecule has 1 aliphatic rings. The Balaban J connectivity index is 1.74. The molecule has 5 nitrogen and oxygen atoms in total. The Labute approximate surface area is 199 Å². The standard InChI is InChI=1S/C26H19ClN2O3S/c1-14-6-8-16(9-7-14)23(30)21-22(17-5-3-4-15(2)12-17)29(25(32)24(21)31)26-28-19-11-10-18(27)13-20(19)33-26/h3-13,22,30H,1-2H3/b23-21+. The average molecular weight is 475 g/mol. The summed E-state index contributed by atoms with van der Waals surface area (Å²) in [5, 5.41) is 12.1. The Morgan fingerprint density at radius 1 is 1.00 bits per heavy atom. The Morgan fingerprint density at radius 2 is 1.76 bits per heavy atom. The van der Waals surface area contributed by atoms with E-state index in [1.165, 1.54) is 16.2 Å². The molecular formula is C26H19ClN2O3S. The molecule has 5 rings (SSSR count). The number of Topliss-reactive ketones (excluding diaryl/α,β-unsaturated/α-hetero) is 1. The molecule has 1 fully saturated rings. The van der Waals surface area contributed by atoms with Crippen molar-refractivity contribution in [1.82, 2.24) is 4.98 Å². The number of fused-ring (bicyclic) bond motifs is 1. The summed E-state index contributed by atoms with van der Waals surface area (Å²) in [5.74, 6) is -1.66. The molecule has 1 amide bonds. The number of carbonyl (C=O) groups is 2. The maximum absolute atomic E-state index is 13.3. The van der Waals surface area contributed by atoms with E-state index in [-0.39, 0.29) is 11.3 Å². The first kappa shape index (κ1) is 21.4. The molecule has 1 unspecified atom stereocenters. The van der Waals surface area contributed by atoms with Crippen molar-refractivity contribution in [2.75, 3.05) is 4.90 Å². The number of rotatable bonds is 3. The van der Waals surface area contributed by atoms with Crippen LogP contribution in [0.4, 0.5) is 5.13 Å². The number of benzene rings is 3. The summed E-state index contributed by atoms with van der Waals surface area (Å²) in [4.78, 5) is 32.5. The van der Waals surface area contributed by atoms with Gasteiger partial charge in [0.15, 0.2) is 5.13 Å². The first-order valence-corrected chi connectivity index (χ1v) is 11.5. The molecule has 1 saturated heterocycles. The number of thiazole rings is 1. The van der Waals surface area contributed by atoms with Gasteiger partial charge >= 0.3 is 5.91 Å². The fourth-order valence-corrected chi connectivity index (χ4v) is 5.31. The first-order chi connectivity index (χ1) is 15.8. The van der Waals surface area contributed by atoms with Crippen LogP contribution >= 0.6 is 22.9 Å². The van der Waals surface area contributed by atoms with Gasteiger partial charge in [-0.1, -0.05) is 82.6 Å². The molecule has 164 valence electrons. The van der Waals surface area contributed by atoms with Crippen LogP contribution in [0.5, 0.6) is 0 Å². The van der Waals surface area contributed by atoms with Crippen LogP contribution in [0.3, 0.4) is 0 Å². The van der Waals surface area contributed by atoms with E-state index in [0.717, 1.165) is 21.4 Å². The number of nitrogens with zero attached hydrogens (tertiary/aromatic N) is 2. The van der Waals surface area contributed by atoms with Gasteiger partial charge in [-0.25, -0.2) is 4.98 Å². The number of aliphatic hydroxyl groups is 1. The first-order valence-electron chi connectivity index (χ1n) is 10.3. The predicted molar refractivity (Wildman–Crippen MR) is 132 cm³/mol. The van der Waals surface area contributed by atoms with Crippen molar-refractivity contribution >= 4 is 55.7 Å². The summed E-state index contributed by atoms with van der Waals surface area (Å²) in [6.45, 7) is 3.88. The zero-order chi connectivity index (χ0) is 23.3. The molecule has 7 heteroatoms. The second-order valence-corrected chi connectivity index (χ2v) is 9.50. The van der Waals surface area contributed by atoms with E-state index in [9.17, 15) is 14.7 Å². The van der Waals surface area contributed by atoms with E-state index >= 15 is 0 Å². The molecule has 4 aromatic rings. The molecule has 0 bridgehead atoms. The molecule has 1 N–H and O–H groups in total. The van der Waals surface area contributed by atoms with Crippen molar-refractivity contribution in [3.63, 3.8) is 0 Å². The second-order valence-electron chi connectivity index (χ2n) is 8.06. The smallest absolute Gasteiger partial charge is 0.301 e. The molecule has 1 atom stereocenters. The minimum absolute atomic E-state index is 0.0479. The van der Waals surface area contributed by atoms with E-state index < -0.39 is 17.7 Å². The summed E-state index contributed by atoms with van der Waals surface area (Å²) in [7, 11) is 0. The highest BCUT2D eigenvalue weighted by atomic mass is 35.5. The SMILES string of the molecule is Cc1ccc(/C(O)=C2\C(=O)C(=O)N(c3nc4ccc(Cl)cc4s3)C2c2cccc(C)c2)cc1. The third kappa shape index (κ3) is 3.71. The van der Waals surface area contributed by atoms with Crippen molar-refractivity contribution in [3.8, 4) is 0 Å². The summed E-state index contributed by atoms with van der Waals surface area (Å²) in [6, 6.07) is 19.2. The van der Waals surface area contributed by atoms with Gasteiger partial charge in [-0.05, 0) is 37.6 Å². The molecule has 2 heterocycles. The largest absolute Gasteiger partial charge is 0.507 e. The number of hydrogen-bond acceptors (Lipinski definition) is 5. The number of ketones is 1. The number of amides is 1. The Morgan fingerprint density at radius 3 is 2.48 bits per heavy atom. The molecule has 33 heavy (non-hydrogen) atoms. The Bertz CT molecular complexity index is 1460. The summed E-state index contributed by atoms with van der Waals surface area (Å²) in [5.41, 5.74) is 3.93. The number of aliphatic hydroxyl groups excluding tert-OH is 1. The van der Waals surface area contributed by atoms with Crippen LogP contribution < -0.4 is 4.90 Å². The van der Waals surface area contributed by atoms with Crippen LogP contribution in [0.15, 0.2) is 72.3 Å². The van der Waals surface area contributed by atoms with E-state index in [4.69, 9.17) is 11.6 Å². The Hall–Kier alpha value is -3.48. The third-order valence-corrected chi connectivity index (χ3v) is 6.93. The number of anilines is 1. The van der Waals surface area contributed by atoms with Gasteiger partial charge in [-0.2, -0.15) is 0 Å². The number of carbonyl (C=O) groups excluding carboxylic acids is 2. The summed E-state index contributed by atoms with van der Waals surface area (Å²) in [6.07, 6.45) is 0. The third-order valence-electron chi connectivity index (χ3n) is 5.67. The molecule has 3 aromatic carbocycles. The van der Waals surface area contributed by atoms with Gasteiger partial charge in [0.25, 0.3) is 5.78 Å².